The molecule has 2 aliphatic heterocycles. The number of ketones is 1. The third kappa shape index (κ3) is 9.30. The smallest absolute Gasteiger partial charge is 0.328 e. The van der Waals surface area contributed by atoms with E-state index in [4.69, 9.17) is 10.2 Å². The average molecular weight is 493 g/mol. The zero-order valence-corrected chi connectivity index (χ0v) is 20.7. The van der Waals surface area contributed by atoms with Gasteiger partial charge in [0.15, 0.2) is 5.78 Å². The summed E-state index contributed by atoms with van der Waals surface area (Å²) in [7, 11) is 0. The van der Waals surface area contributed by atoms with E-state index in [1.807, 2.05) is 6.07 Å². The van der Waals surface area contributed by atoms with Gasteiger partial charge in [-0.1, -0.05) is 42.5 Å². The van der Waals surface area contributed by atoms with Gasteiger partial charge in [-0.25, -0.2) is 9.59 Å². The lowest BCUT2D eigenvalue weighted by molar-refractivity contribution is -0.134. The number of benzene rings is 2. The predicted molar refractivity (Wildman–Crippen MR) is 140 cm³/mol. The number of carboxylic acids is 2. The van der Waals surface area contributed by atoms with Crippen LogP contribution in [0.25, 0.3) is 0 Å². The highest BCUT2D eigenvalue weighted by molar-refractivity contribution is 5.97. The molecule has 36 heavy (non-hydrogen) atoms. The number of piperidine rings is 1. The molecule has 0 spiro atoms. The van der Waals surface area contributed by atoms with E-state index in [0.29, 0.717) is 30.3 Å². The minimum Gasteiger partial charge on any atom is -0.478 e. The minimum atomic E-state index is -1.26. The molecule has 4 rings (SSSR count). The van der Waals surface area contributed by atoms with Gasteiger partial charge in [-0.3, -0.25) is 9.69 Å². The molecule has 1 saturated heterocycles. The first-order valence-corrected chi connectivity index (χ1v) is 12.7. The Kier molecular flexibility index (Phi) is 10.7. The average Bonchev–Trinajstić information content (AvgIpc) is 3.13. The number of Topliss-reactive ketones (excluding diaryl/α,β-unsaturated/α-hetero) is 1. The zero-order valence-electron chi connectivity index (χ0n) is 20.7. The Morgan fingerprint density at radius 2 is 1.64 bits per heavy atom. The van der Waals surface area contributed by atoms with Crippen LogP contribution in [0, 0.1) is 5.92 Å². The summed E-state index contributed by atoms with van der Waals surface area (Å²) in [5.74, 6) is -1.52. The van der Waals surface area contributed by atoms with E-state index in [9.17, 15) is 14.4 Å². The Balaban J connectivity index is 0.000000392. The molecule has 2 aromatic carbocycles. The fourth-order valence-corrected chi connectivity index (χ4v) is 4.69. The second-order valence-corrected chi connectivity index (χ2v) is 9.43. The molecule has 2 aromatic rings. The third-order valence-electron chi connectivity index (χ3n) is 6.72. The lowest BCUT2D eigenvalue weighted by atomic mass is 9.90. The highest BCUT2D eigenvalue weighted by Gasteiger charge is 2.20. The summed E-state index contributed by atoms with van der Waals surface area (Å²) in [6.45, 7) is 4.37. The number of nitrogens with one attached hydrogen (secondary N) is 1. The number of rotatable bonds is 8. The molecule has 0 aromatic heterocycles. The normalized spacial score (nSPS) is 16.2. The van der Waals surface area contributed by atoms with Crippen LogP contribution >= 0.6 is 0 Å². The summed E-state index contributed by atoms with van der Waals surface area (Å²) in [5.41, 5.74) is 4.82. The van der Waals surface area contributed by atoms with Crippen molar-refractivity contribution in [2.75, 3.05) is 25.0 Å². The van der Waals surface area contributed by atoms with Gasteiger partial charge in [-0.15, -0.1) is 0 Å². The van der Waals surface area contributed by atoms with Crippen LogP contribution in [0.15, 0.2) is 60.7 Å². The van der Waals surface area contributed by atoms with Crippen LogP contribution in [-0.2, 0) is 22.6 Å². The molecule has 7 nitrogen and oxygen atoms in total. The van der Waals surface area contributed by atoms with Gasteiger partial charge in [0.1, 0.15) is 0 Å². The summed E-state index contributed by atoms with van der Waals surface area (Å²) in [6, 6.07) is 17.0. The van der Waals surface area contributed by atoms with E-state index < -0.39 is 11.9 Å². The molecular formula is C29H36N2O5. The quantitative estimate of drug-likeness (QED) is 0.351. The van der Waals surface area contributed by atoms with Gasteiger partial charge in [0.2, 0.25) is 0 Å². The maximum Gasteiger partial charge on any atom is 0.328 e. The molecule has 0 saturated carbocycles. The molecule has 192 valence electrons. The summed E-state index contributed by atoms with van der Waals surface area (Å²) in [6.07, 6.45) is 8.82. The van der Waals surface area contributed by atoms with Crippen LogP contribution in [-0.4, -0.2) is 52.5 Å². The van der Waals surface area contributed by atoms with E-state index >= 15 is 0 Å². The molecular weight excluding hydrogens is 456 g/mol. The summed E-state index contributed by atoms with van der Waals surface area (Å²) < 4.78 is 0. The van der Waals surface area contributed by atoms with E-state index in [0.717, 1.165) is 44.6 Å². The molecule has 0 unspecified atom stereocenters. The standard InChI is InChI=1S/C25H32N2O.C4H4O4/c28-25(23-11-10-22-8-4-5-15-26-24(22)18-23)12-9-20-13-16-27(17-14-20)19-21-6-2-1-3-7-21;5-3(6)1-2-4(7)8/h1-3,6-7,10-11,18,20,26H,4-5,8-9,12-17,19H2;1-2H,(H,5,6)(H,7,8). The summed E-state index contributed by atoms with van der Waals surface area (Å²) >= 11 is 0. The predicted octanol–water partition coefficient (Wildman–Crippen LogP) is 5.02. The largest absolute Gasteiger partial charge is 0.478 e. The number of likely N-dealkylation sites (tertiary alicyclic amines) is 1. The molecule has 0 bridgehead atoms. The number of hydrogen-bond donors (Lipinski definition) is 3. The van der Waals surface area contributed by atoms with E-state index in [1.54, 1.807) is 0 Å². The lowest BCUT2D eigenvalue weighted by Crippen LogP contribution is -2.33. The Bertz CT molecular complexity index is 1030. The van der Waals surface area contributed by atoms with E-state index in [2.05, 4.69) is 52.7 Å². The lowest BCUT2D eigenvalue weighted by Gasteiger charge is -2.32. The van der Waals surface area contributed by atoms with E-state index in [-0.39, 0.29) is 0 Å². The number of hydrogen-bond acceptors (Lipinski definition) is 5. The fraction of sp³-hybridized carbons (Fsp3) is 0.414. The zero-order chi connectivity index (χ0) is 25.8. The van der Waals surface area contributed by atoms with Crippen molar-refractivity contribution in [3.8, 4) is 0 Å². The van der Waals surface area contributed by atoms with Gasteiger partial charge >= 0.3 is 11.9 Å². The molecule has 1 fully saturated rings. The van der Waals surface area contributed by atoms with Gasteiger partial charge in [-0.05, 0) is 74.7 Å². The van der Waals surface area contributed by atoms with Crippen molar-refractivity contribution in [2.45, 2.75) is 51.5 Å². The number of nitrogens with zero attached hydrogens (tertiary/aromatic N) is 1. The summed E-state index contributed by atoms with van der Waals surface area (Å²) in [4.78, 5) is 34.4. The van der Waals surface area contributed by atoms with Crippen LogP contribution in [0.5, 0.6) is 0 Å². The minimum absolute atomic E-state index is 0.306. The van der Waals surface area contributed by atoms with Crippen molar-refractivity contribution in [2.24, 2.45) is 5.92 Å². The van der Waals surface area contributed by atoms with Crippen molar-refractivity contribution in [1.82, 2.24) is 4.90 Å². The number of carbonyl (C=O) groups excluding carboxylic acids is 1. The topological polar surface area (TPSA) is 107 Å². The Morgan fingerprint density at radius 1 is 0.944 bits per heavy atom. The van der Waals surface area contributed by atoms with Crippen LogP contribution in [0.4, 0.5) is 5.69 Å². The maximum atomic E-state index is 12.7. The Labute approximate surface area is 212 Å². The summed E-state index contributed by atoms with van der Waals surface area (Å²) in [5, 5.41) is 19.1. The molecule has 3 N–H and O–H groups in total. The van der Waals surface area contributed by atoms with Crippen LogP contribution in [0.2, 0.25) is 0 Å². The first kappa shape index (κ1) is 27.1. The van der Waals surface area contributed by atoms with E-state index in [1.165, 1.54) is 42.5 Å². The highest BCUT2D eigenvalue weighted by Crippen LogP contribution is 2.26. The Morgan fingerprint density at radius 3 is 2.31 bits per heavy atom. The molecule has 0 atom stereocenters. The number of aryl methyl sites for hydroxylation is 1. The maximum absolute atomic E-state index is 12.7. The first-order chi connectivity index (χ1) is 17.4. The molecule has 0 radical (unpaired) electrons. The first-order valence-electron chi connectivity index (χ1n) is 12.7. The Hall–Kier alpha value is -3.45. The molecule has 0 aliphatic carbocycles. The van der Waals surface area contributed by atoms with Gasteiger partial charge in [0.25, 0.3) is 0 Å². The monoisotopic (exact) mass is 492 g/mol. The van der Waals surface area contributed by atoms with Crippen molar-refractivity contribution in [3.05, 3.63) is 77.4 Å². The number of anilines is 1. The van der Waals surface area contributed by atoms with Crippen LogP contribution < -0.4 is 5.32 Å². The van der Waals surface area contributed by atoms with Gasteiger partial charge < -0.3 is 15.5 Å². The van der Waals surface area contributed by atoms with Crippen LogP contribution in [0.3, 0.4) is 0 Å². The van der Waals surface area contributed by atoms with Crippen LogP contribution in [0.1, 0.15) is 60.0 Å². The number of carboxylic acid groups (broad SMARTS) is 2. The fourth-order valence-electron chi connectivity index (χ4n) is 4.69. The third-order valence-corrected chi connectivity index (χ3v) is 6.72. The van der Waals surface area contributed by atoms with Crippen molar-refractivity contribution in [1.29, 1.82) is 0 Å². The highest BCUT2D eigenvalue weighted by atomic mass is 16.4. The van der Waals surface area contributed by atoms with Gasteiger partial charge in [0, 0.05) is 42.9 Å². The van der Waals surface area contributed by atoms with Crippen molar-refractivity contribution >= 4 is 23.4 Å². The number of fused-ring (bicyclic) bond motifs is 1. The van der Waals surface area contributed by atoms with Crippen molar-refractivity contribution < 1.29 is 24.6 Å². The van der Waals surface area contributed by atoms with Gasteiger partial charge in [-0.2, -0.15) is 0 Å². The second kappa shape index (κ2) is 14.2. The number of aliphatic carboxylic acids is 2. The SMILES string of the molecule is O=C(CCC1CCN(Cc2ccccc2)CC1)c1ccc2c(c1)NCCCC2.O=C(O)C=CC(=O)O. The molecule has 7 heteroatoms. The van der Waals surface area contributed by atoms with Crippen molar-refractivity contribution in [3.63, 3.8) is 0 Å². The molecule has 0 amide bonds. The second-order valence-electron chi connectivity index (χ2n) is 9.43. The molecule has 2 aliphatic rings. The molecule has 2 heterocycles. The number of carbonyl (C=O) groups is 3. The van der Waals surface area contributed by atoms with Gasteiger partial charge in [0.05, 0.1) is 0 Å².